The molecule has 1 aliphatic rings. The Morgan fingerprint density at radius 1 is 1.35 bits per heavy atom. The average molecular weight is 320 g/mol. The normalized spacial score (nSPS) is 19.8. The van der Waals surface area contributed by atoms with E-state index in [4.69, 9.17) is 9.47 Å². The van der Waals surface area contributed by atoms with Gasteiger partial charge in [0.1, 0.15) is 0 Å². The molecule has 1 aromatic rings. The molecule has 0 bridgehead atoms. The molecule has 1 aromatic carbocycles. The Morgan fingerprint density at radius 3 is 2.61 bits per heavy atom. The fourth-order valence-corrected chi connectivity index (χ4v) is 2.94. The van der Waals surface area contributed by atoms with Gasteiger partial charge >= 0.3 is 0 Å². The molecule has 2 rings (SSSR count). The number of nitrogens with zero attached hydrogens (tertiary/aromatic N) is 1. The number of hydrogen-bond acceptors (Lipinski definition) is 4. The fourth-order valence-electron chi connectivity index (χ4n) is 2.94. The van der Waals surface area contributed by atoms with Crippen LogP contribution in [0, 0.1) is 5.92 Å². The highest BCUT2D eigenvalue weighted by molar-refractivity contribution is 5.79. The van der Waals surface area contributed by atoms with Crippen molar-refractivity contribution in [1.29, 1.82) is 0 Å². The van der Waals surface area contributed by atoms with Crippen molar-refractivity contribution in [3.8, 4) is 0 Å². The Balaban J connectivity index is 1.99. The zero-order valence-electron chi connectivity index (χ0n) is 14.4. The van der Waals surface area contributed by atoms with Crippen LogP contribution < -0.4 is 5.32 Å². The summed E-state index contributed by atoms with van der Waals surface area (Å²) in [4.78, 5) is 14.9. The smallest absolute Gasteiger partial charge is 0.224 e. The quantitative estimate of drug-likeness (QED) is 0.830. The summed E-state index contributed by atoms with van der Waals surface area (Å²) < 4.78 is 10.7. The lowest BCUT2D eigenvalue weighted by atomic mass is 9.92. The van der Waals surface area contributed by atoms with Crippen molar-refractivity contribution in [3.05, 3.63) is 35.9 Å². The number of ether oxygens (including phenoxy) is 2. The van der Waals surface area contributed by atoms with E-state index in [1.807, 2.05) is 44.2 Å². The van der Waals surface area contributed by atoms with Crippen LogP contribution in [0.25, 0.3) is 0 Å². The van der Waals surface area contributed by atoms with Crippen LogP contribution in [-0.2, 0) is 19.8 Å². The van der Waals surface area contributed by atoms with Crippen LogP contribution in [0.1, 0.15) is 19.4 Å². The van der Waals surface area contributed by atoms with E-state index in [1.54, 1.807) is 7.11 Å². The van der Waals surface area contributed by atoms with Crippen LogP contribution in [0.4, 0.5) is 0 Å². The van der Waals surface area contributed by atoms with Crippen molar-refractivity contribution in [2.45, 2.75) is 19.4 Å². The fraction of sp³-hybridized carbons (Fsp3) is 0.611. The molecule has 23 heavy (non-hydrogen) atoms. The van der Waals surface area contributed by atoms with Gasteiger partial charge in [-0.05, 0) is 12.5 Å². The van der Waals surface area contributed by atoms with Crippen LogP contribution in [0.2, 0.25) is 0 Å². The average Bonchev–Trinajstić information content (AvgIpc) is 2.56. The van der Waals surface area contributed by atoms with E-state index >= 15 is 0 Å². The SMILES string of the molecule is COC[C@](C)(NC(=O)[C@H](C)CN1CCOCC1)c1ccccc1. The Morgan fingerprint density at radius 2 is 2.00 bits per heavy atom. The number of morpholine rings is 1. The zero-order valence-corrected chi connectivity index (χ0v) is 14.4. The van der Waals surface area contributed by atoms with E-state index in [9.17, 15) is 4.79 Å². The van der Waals surface area contributed by atoms with Crippen LogP contribution in [0.15, 0.2) is 30.3 Å². The highest BCUT2D eigenvalue weighted by Gasteiger charge is 2.30. The molecule has 1 saturated heterocycles. The number of hydrogen-bond donors (Lipinski definition) is 1. The first kappa shape index (κ1) is 17.9. The molecule has 0 spiro atoms. The largest absolute Gasteiger partial charge is 0.382 e. The Labute approximate surface area is 139 Å². The number of benzene rings is 1. The zero-order chi connectivity index (χ0) is 16.7. The third-order valence-electron chi connectivity index (χ3n) is 4.33. The maximum Gasteiger partial charge on any atom is 0.224 e. The monoisotopic (exact) mass is 320 g/mol. The molecule has 1 fully saturated rings. The molecule has 0 saturated carbocycles. The summed E-state index contributed by atoms with van der Waals surface area (Å²) in [7, 11) is 1.66. The molecular formula is C18H28N2O3. The molecule has 0 radical (unpaired) electrons. The van der Waals surface area contributed by atoms with E-state index in [0.29, 0.717) is 6.61 Å². The summed E-state index contributed by atoms with van der Waals surface area (Å²) in [5.41, 5.74) is 0.528. The second kappa shape index (κ2) is 8.43. The van der Waals surface area contributed by atoms with Crippen LogP contribution >= 0.6 is 0 Å². The lowest BCUT2D eigenvalue weighted by Gasteiger charge is -2.33. The number of carbonyl (C=O) groups is 1. The van der Waals surface area contributed by atoms with Crippen molar-refractivity contribution in [3.63, 3.8) is 0 Å². The van der Waals surface area contributed by atoms with Gasteiger partial charge in [-0.2, -0.15) is 0 Å². The van der Waals surface area contributed by atoms with Gasteiger partial charge in [-0.25, -0.2) is 0 Å². The first-order valence-corrected chi connectivity index (χ1v) is 8.22. The van der Waals surface area contributed by atoms with Gasteiger partial charge in [0.05, 0.1) is 25.4 Å². The second-order valence-corrected chi connectivity index (χ2v) is 6.43. The van der Waals surface area contributed by atoms with Gasteiger partial charge in [-0.15, -0.1) is 0 Å². The summed E-state index contributed by atoms with van der Waals surface area (Å²) in [5, 5.41) is 3.18. The Kier molecular flexibility index (Phi) is 6.57. The summed E-state index contributed by atoms with van der Waals surface area (Å²) in [6.45, 7) is 8.46. The minimum absolute atomic E-state index is 0.0555. The van der Waals surface area contributed by atoms with E-state index in [1.165, 1.54) is 0 Å². The summed E-state index contributed by atoms with van der Waals surface area (Å²) in [5.74, 6) is -0.0205. The molecular weight excluding hydrogens is 292 g/mol. The van der Waals surface area contributed by atoms with Crippen LogP contribution in [0.5, 0.6) is 0 Å². The number of amides is 1. The molecule has 0 aliphatic carbocycles. The van der Waals surface area contributed by atoms with E-state index in [2.05, 4.69) is 10.2 Å². The maximum absolute atomic E-state index is 12.7. The lowest BCUT2D eigenvalue weighted by molar-refractivity contribution is -0.128. The summed E-state index contributed by atoms with van der Waals surface area (Å²) >= 11 is 0. The topological polar surface area (TPSA) is 50.8 Å². The molecule has 1 amide bonds. The van der Waals surface area contributed by atoms with Gasteiger partial charge in [-0.1, -0.05) is 37.3 Å². The van der Waals surface area contributed by atoms with Gasteiger partial charge in [0, 0.05) is 32.7 Å². The minimum Gasteiger partial charge on any atom is -0.382 e. The van der Waals surface area contributed by atoms with Crippen molar-refractivity contribution >= 4 is 5.91 Å². The van der Waals surface area contributed by atoms with Gasteiger partial charge in [0.25, 0.3) is 0 Å². The highest BCUT2D eigenvalue weighted by Crippen LogP contribution is 2.21. The standard InChI is InChI=1S/C18H28N2O3/c1-15(13-20-9-11-23-12-10-20)17(21)19-18(2,14-22-3)16-7-5-4-6-8-16/h4-8,15H,9-14H2,1-3H3,(H,19,21)/t15-,18+/m1/s1. The van der Waals surface area contributed by atoms with Crippen molar-refractivity contribution in [1.82, 2.24) is 10.2 Å². The third-order valence-corrected chi connectivity index (χ3v) is 4.33. The predicted octanol–water partition coefficient (Wildman–Crippen LogP) is 1.63. The summed E-state index contributed by atoms with van der Waals surface area (Å²) in [6, 6.07) is 9.97. The number of carbonyl (C=O) groups excluding carboxylic acids is 1. The first-order chi connectivity index (χ1) is 11.0. The molecule has 0 aromatic heterocycles. The third kappa shape index (κ3) is 5.03. The maximum atomic E-state index is 12.7. The molecule has 0 unspecified atom stereocenters. The van der Waals surface area contributed by atoms with Gasteiger partial charge in [0.15, 0.2) is 0 Å². The molecule has 1 heterocycles. The second-order valence-electron chi connectivity index (χ2n) is 6.43. The van der Waals surface area contributed by atoms with Gasteiger partial charge in [-0.3, -0.25) is 9.69 Å². The Hall–Kier alpha value is -1.43. The van der Waals surface area contributed by atoms with Gasteiger partial charge in [0.2, 0.25) is 5.91 Å². The van der Waals surface area contributed by atoms with Crippen molar-refractivity contribution < 1.29 is 14.3 Å². The van der Waals surface area contributed by atoms with Crippen molar-refractivity contribution in [2.24, 2.45) is 5.92 Å². The Bertz CT molecular complexity index is 488. The molecule has 2 atom stereocenters. The lowest BCUT2D eigenvalue weighted by Crippen LogP contribution is -2.50. The van der Waals surface area contributed by atoms with Gasteiger partial charge < -0.3 is 14.8 Å². The molecule has 5 nitrogen and oxygen atoms in total. The predicted molar refractivity (Wildman–Crippen MR) is 90.2 cm³/mol. The molecule has 1 N–H and O–H groups in total. The van der Waals surface area contributed by atoms with E-state index < -0.39 is 5.54 Å². The first-order valence-electron chi connectivity index (χ1n) is 8.22. The van der Waals surface area contributed by atoms with Crippen molar-refractivity contribution in [2.75, 3.05) is 46.6 Å². The number of rotatable bonds is 7. The highest BCUT2D eigenvalue weighted by atomic mass is 16.5. The van der Waals surface area contributed by atoms with E-state index in [0.717, 1.165) is 38.4 Å². The number of nitrogens with one attached hydrogen (secondary N) is 1. The van der Waals surface area contributed by atoms with Crippen LogP contribution in [-0.4, -0.2) is 57.4 Å². The van der Waals surface area contributed by atoms with Crippen LogP contribution in [0.3, 0.4) is 0 Å². The minimum atomic E-state index is -0.521. The van der Waals surface area contributed by atoms with E-state index in [-0.39, 0.29) is 11.8 Å². The summed E-state index contributed by atoms with van der Waals surface area (Å²) in [6.07, 6.45) is 0. The number of methoxy groups -OCH3 is 1. The molecule has 128 valence electrons. The molecule has 5 heteroatoms. The molecule has 1 aliphatic heterocycles.